The molecule has 2 aromatic carbocycles. The van der Waals surface area contributed by atoms with Crippen LogP contribution in [0, 0.1) is 13.8 Å². The van der Waals surface area contributed by atoms with Gasteiger partial charge in [0.2, 0.25) is 0 Å². The lowest BCUT2D eigenvalue weighted by Crippen LogP contribution is -2.24. The third-order valence-corrected chi connectivity index (χ3v) is 4.51. The van der Waals surface area contributed by atoms with Crippen LogP contribution in [0.2, 0.25) is 5.02 Å². The third kappa shape index (κ3) is 4.96. The number of hydrogen-bond acceptors (Lipinski definition) is 3. The lowest BCUT2D eigenvalue weighted by atomic mass is 10.1. The van der Waals surface area contributed by atoms with Crippen LogP contribution in [-0.2, 0) is 6.54 Å². The zero-order valence-electron chi connectivity index (χ0n) is 15.6. The fraction of sp³-hybridized carbons (Fsp3) is 0.136. The molecule has 5 nitrogen and oxygen atoms in total. The minimum absolute atomic E-state index is 0.183. The number of aromatic nitrogens is 1. The number of amides is 2. The molecule has 0 aliphatic heterocycles. The first-order chi connectivity index (χ1) is 13.4. The molecule has 2 amide bonds. The Labute approximate surface area is 168 Å². The molecule has 0 aliphatic carbocycles. The van der Waals surface area contributed by atoms with E-state index >= 15 is 0 Å². The summed E-state index contributed by atoms with van der Waals surface area (Å²) in [7, 11) is 0. The highest BCUT2D eigenvalue weighted by Gasteiger charge is 2.13. The van der Waals surface area contributed by atoms with Crippen LogP contribution in [0.25, 0.3) is 0 Å². The second-order valence-electron chi connectivity index (χ2n) is 6.51. The maximum Gasteiger partial charge on any atom is 0.270 e. The van der Waals surface area contributed by atoms with Crippen molar-refractivity contribution in [3.63, 3.8) is 0 Å². The van der Waals surface area contributed by atoms with Gasteiger partial charge in [-0.3, -0.25) is 14.6 Å². The van der Waals surface area contributed by atoms with E-state index in [4.69, 9.17) is 11.6 Å². The summed E-state index contributed by atoms with van der Waals surface area (Å²) in [5.74, 6) is -0.672. The number of benzene rings is 2. The molecule has 0 atom stereocenters. The largest absolute Gasteiger partial charge is 0.347 e. The molecule has 1 aromatic heterocycles. The molecule has 0 saturated carbocycles. The molecule has 2 N–H and O–H groups in total. The van der Waals surface area contributed by atoms with E-state index in [1.807, 2.05) is 44.2 Å². The zero-order chi connectivity index (χ0) is 20.1. The normalized spacial score (nSPS) is 10.4. The number of carbonyl (C=O) groups is 2. The van der Waals surface area contributed by atoms with Gasteiger partial charge in [0, 0.05) is 29.0 Å². The van der Waals surface area contributed by atoms with E-state index in [0.717, 1.165) is 16.7 Å². The molecular formula is C22H20ClN3O2. The molecule has 0 radical (unpaired) electrons. The van der Waals surface area contributed by atoms with E-state index in [0.29, 0.717) is 22.8 Å². The maximum atomic E-state index is 12.5. The van der Waals surface area contributed by atoms with Crippen LogP contribution in [0.1, 0.15) is 37.5 Å². The summed E-state index contributed by atoms with van der Waals surface area (Å²) < 4.78 is 0. The molecule has 0 saturated heterocycles. The molecule has 0 aliphatic rings. The Balaban J connectivity index is 1.68. The first-order valence-electron chi connectivity index (χ1n) is 8.79. The summed E-state index contributed by atoms with van der Waals surface area (Å²) in [6, 6.07) is 16.2. The average molecular weight is 394 g/mol. The standard InChI is InChI=1S/C22H20ClN3O2/c1-14-3-6-16(7-4-14)13-25-22(28)20-11-17(9-10-24-20)21(27)26-19-12-18(23)8-5-15(19)2/h3-12H,13H2,1-2H3,(H,25,28)(H,26,27). The zero-order valence-corrected chi connectivity index (χ0v) is 16.4. The maximum absolute atomic E-state index is 12.5. The molecular weight excluding hydrogens is 374 g/mol. The fourth-order valence-corrected chi connectivity index (χ4v) is 2.77. The number of rotatable bonds is 5. The van der Waals surface area contributed by atoms with E-state index in [1.165, 1.54) is 12.3 Å². The minimum atomic E-state index is -0.339. The van der Waals surface area contributed by atoms with Crippen molar-refractivity contribution < 1.29 is 9.59 Å². The quantitative estimate of drug-likeness (QED) is 0.668. The van der Waals surface area contributed by atoms with Crippen molar-refractivity contribution in [3.05, 3.63) is 93.8 Å². The Morgan fingerprint density at radius 3 is 2.46 bits per heavy atom. The van der Waals surface area contributed by atoms with Crippen molar-refractivity contribution >= 4 is 29.1 Å². The highest BCUT2D eigenvalue weighted by atomic mass is 35.5. The van der Waals surface area contributed by atoms with E-state index < -0.39 is 0 Å². The Kier molecular flexibility index (Phi) is 6.06. The summed E-state index contributed by atoms with van der Waals surface area (Å²) >= 11 is 5.99. The number of anilines is 1. The van der Waals surface area contributed by atoms with Crippen LogP contribution in [0.15, 0.2) is 60.8 Å². The number of halogens is 1. The minimum Gasteiger partial charge on any atom is -0.347 e. The number of aryl methyl sites for hydroxylation is 2. The SMILES string of the molecule is Cc1ccc(CNC(=O)c2cc(C(=O)Nc3cc(Cl)ccc3C)ccn2)cc1. The number of nitrogens with one attached hydrogen (secondary N) is 2. The van der Waals surface area contributed by atoms with Gasteiger partial charge in [0.05, 0.1) is 0 Å². The summed E-state index contributed by atoms with van der Waals surface area (Å²) in [6.07, 6.45) is 1.44. The van der Waals surface area contributed by atoms with Crippen LogP contribution >= 0.6 is 11.6 Å². The van der Waals surface area contributed by atoms with Gasteiger partial charge in [0.15, 0.2) is 0 Å². The monoisotopic (exact) mass is 393 g/mol. The molecule has 3 aromatic rings. The molecule has 1 heterocycles. The van der Waals surface area contributed by atoms with Crippen LogP contribution in [-0.4, -0.2) is 16.8 Å². The van der Waals surface area contributed by atoms with Gasteiger partial charge >= 0.3 is 0 Å². The second kappa shape index (κ2) is 8.67. The fourth-order valence-electron chi connectivity index (χ4n) is 2.60. The Morgan fingerprint density at radius 2 is 1.71 bits per heavy atom. The van der Waals surface area contributed by atoms with Crippen molar-refractivity contribution in [2.45, 2.75) is 20.4 Å². The molecule has 6 heteroatoms. The average Bonchev–Trinajstić information content (AvgIpc) is 2.70. The number of carbonyl (C=O) groups excluding carboxylic acids is 2. The number of hydrogen-bond donors (Lipinski definition) is 2. The summed E-state index contributed by atoms with van der Waals surface area (Å²) in [5.41, 5.74) is 4.19. The first-order valence-corrected chi connectivity index (χ1v) is 9.17. The van der Waals surface area contributed by atoms with Gasteiger partial charge in [-0.1, -0.05) is 47.5 Å². The Hall–Kier alpha value is -3.18. The number of pyridine rings is 1. The van der Waals surface area contributed by atoms with Gasteiger partial charge in [-0.25, -0.2) is 0 Å². The molecule has 3 rings (SSSR count). The lowest BCUT2D eigenvalue weighted by molar-refractivity contribution is 0.0946. The molecule has 0 bridgehead atoms. The molecule has 0 spiro atoms. The van der Waals surface area contributed by atoms with E-state index in [-0.39, 0.29) is 17.5 Å². The highest BCUT2D eigenvalue weighted by Crippen LogP contribution is 2.21. The third-order valence-electron chi connectivity index (χ3n) is 4.28. The topological polar surface area (TPSA) is 71.1 Å². The molecule has 142 valence electrons. The van der Waals surface area contributed by atoms with Crippen molar-refractivity contribution in [1.82, 2.24) is 10.3 Å². The highest BCUT2D eigenvalue weighted by molar-refractivity contribution is 6.31. The predicted molar refractivity (Wildman–Crippen MR) is 111 cm³/mol. The number of nitrogens with zero attached hydrogens (tertiary/aromatic N) is 1. The smallest absolute Gasteiger partial charge is 0.270 e. The predicted octanol–water partition coefficient (Wildman–Crippen LogP) is 4.53. The molecule has 0 unspecified atom stereocenters. The van der Waals surface area contributed by atoms with Gasteiger partial charge in [0.1, 0.15) is 5.69 Å². The summed E-state index contributed by atoms with van der Waals surface area (Å²) in [6.45, 7) is 4.27. The lowest BCUT2D eigenvalue weighted by Gasteiger charge is -2.10. The van der Waals surface area contributed by atoms with E-state index in [1.54, 1.807) is 18.2 Å². The summed E-state index contributed by atoms with van der Waals surface area (Å²) in [4.78, 5) is 29.0. The van der Waals surface area contributed by atoms with Gasteiger partial charge in [0.25, 0.3) is 11.8 Å². The van der Waals surface area contributed by atoms with Crippen molar-refractivity contribution in [3.8, 4) is 0 Å². The second-order valence-corrected chi connectivity index (χ2v) is 6.95. The van der Waals surface area contributed by atoms with Crippen molar-refractivity contribution in [2.24, 2.45) is 0 Å². The molecule has 28 heavy (non-hydrogen) atoms. The van der Waals surface area contributed by atoms with Crippen molar-refractivity contribution in [1.29, 1.82) is 0 Å². The van der Waals surface area contributed by atoms with E-state index in [2.05, 4.69) is 15.6 Å². The van der Waals surface area contributed by atoms with Gasteiger partial charge in [-0.05, 0) is 49.2 Å². The van der Waals surface area contributed by atoms with Crippen LogP contribution in [0.5, 0.6) is 0 Å². The first kappa shape index (κ1) is 19.6. The van der Waals surface area contributed by atoms with Crippen LogP contribution in [0.3, 0.4) is 0 Å². The van der Waals surface area contributed by atoms with Gasteiger partial charge < -0.3 is 10.6 Å². The Morgan fingerprint density at radius 1 is 0.964 bits per heavy atom. The van der Waals surface area contributed by atoms with Gasteiger partial charge in [-0.15, -0.1) is 0 Å². The van der Waals surface area contributed by atoms with Crippen LogP contribution < -0.4 is 10.6 Å². The molecule has 0 fully saturated rings. The summed E-state index contributed by atoms with van der Waals surface area (Å²) in [5, 5.41) is 6.16. The van der Waals surface area contributed by atoms with Crippen LogP contribution in [0.4, 0.5) is 5.69 Å². The Bertz CT molecular complexity index is 1020. The van der Waals surface area contributed by atoms with E-state index in [9.17, 15) is 9.59 Å². The van der Waals surface area contributed by atoms with Gasteiger partial charge in [-0.2, -0.15) is 0 Å². The van der Waals surface area contributed by atoms with Crippen molar-refractivity contribution in [2.75, 3.05) is 5.32 Å².